The molecule has 0 unspecified atom stereocenters. The molecule has 0 aromatic heterocycles. The van der Waals surface area contributed by atoms with Crippen LogP contribution in [0.2, 0.25) is 0 Å². The van der Waals surface area contributed by atoms with E-state index in [9.17, 15) is 22.4 Å². The van der Waals surface area contributed by atoms with E-state index in [0.717, 1.165) is 9.87 Å². The predicted molar refractivity (Wildman–Crippen MR) is 151 cm³/mol. The number of anilines is 1. The Bertz CT molecular complexity index is 1380. The second-order valence-corrected chi connectivity index (χ2v) is 11.6. The van der Waals surface area contributed by atoms with Gasteiger partial charge in [-0.25, -0.2) is 12.8 Å². The molecule has 3 aromatic rings. The molecular weight excluding hydrogens is 517 g/mol. The van der Waals surface area contributed by atoms with Crippen LogP contribution in [0.3, 0.4) is 0 Å². The number of aryl methyl sites for hydroxylation is 1. The van der Waals surface area contributed by atoms with Crippen molar-refractivity contribution in [1.82, 2.24) is 10.2 Å². The molecule has 0 saturated carbocycles. The van der Waals surface area contributed by atoms with E-state index < -0.39 is 40.2 Å². The number of amides is 2. The van der Waals surface area contributed by atoms with Crippen molar-refractivity contribution in [1.29, 1.82) is 0 Å². The van der Waals surface area contributed by atoms with Crippen molar-refractivity contribution in [2.24, 2.45) is 5.92 Å². The van der Waals surface area contributed by atoms with Gasteiger partial charge in [-0.3, -0.25) is 13.9 Å². The highest BCUT2D eigenvalue weighted by Gasteiger charge is 2.33. The molecule has 0 spiro atoms. The Kier molecular flexibility index (Phi) is 10.2. The first-order valence-corrected chi connectivity index (χ1v) is 14.5. The molecule has 0 aliphatic carbocycles. The molecule has 7 nitrogen and oxygen atoms in total. The smallest absolute Gasteiger partial charge is 0.264 e. The Labute approximate surface area is 230 Å². The van der Waals surface area contributed by atoms with E-state index in [-0.39, 0.29) is 22.9 Å². The first-order chi connectivity index (χ1) is 18.6. The number of rotatable bonds is 12. The Morgan fingerprint density at radius 3 is 2.08 bits per heavy atom. The summed E-state index contributed by atoms with van der Waals surface area (Å²) in [5.74, 6) is -1.36. The van der Waals surface area contributed by atoms with E-state index >= 15 is 0 Å². The molecule has 0 fully saturated rings. The van der Waals surface area contributed by atoms with E-state index in [1.165, 1.54) is 23.1 Å². The number of halogens is 1. The standard InChI is InChI=1S/C30H36FN3O4S/c1-5-24-13-10-12-18-28(24)34(39(37,38)26-15-7-6-8-16-26)21-29(35)33(20-25-14-9-11-17-27(25)31)23(4)30(36)32-19-22(2)3/h6-18,22-23H,5,19-21H2,1-4H3,(H,32,36)/t23-/m0/s1. The molecule has 9 heteroatoms. The lowest BCUT2D eigenvalue weighted by Crippen LogP contribution is -2.51. The van der Waals surface area contributed by atoms with Gasteiger partial charge in [0.05, 0.1) is 10.6 Å². The van der Waals surface area contributed by atoms with Gasteiger partial charge in [0.25, 0.3) is 10.0 Å². The van der Waals surface area contributed by atoms with Crippen LogP contribution in [-0.4, -0.2) is 44.3 Å². The van der Waals surface area contributed by atoms with Crippen molar-refractivity contribution < 1.29 is 22.4 Å². The molecule has 39 heavy (non-hydrogen) atoms. The van der Waals surface area contributed by atoms with Gasteiger partial charge in [0, 0.05) is 18.7 Å². The lowest BCUT2D eigenvalue weighted by Gasteiger charge is -2.32. The molecular formula is C30H36FN3O4S. The van der Waals surface area contributed by atoms with Crippen LogP contribution < -0.4 is 9.62 Å². The Morgan fingerprint density at radius 1 is 0.872 bits per heavy atom. The molecule has 3 rings (SSSR count). The summed E-state index contributed by atoms with van der Waals surface area (Å²) in [5.41, 5.74) is 1.34. The minimum Gasteiger partial charge on any atom is -0.354 e. The van der Waals surface area contributed by atoms with E-state index in [2.05, 4.69) is 5.32 Å². The van der Waals surface area contributed by atoms with Crippen molar-refractivity contribution in [3.8, 4) is 0 Å². The summed E-state index contributed by atoms with van der Waals surface area (Å²) in [7, 11) is -4.15. The maximum absolute atomic E-state index is 14.6. The number of nitrogens with one attached hydrogen (secondary N) is 1. The number of benzene rings is 3. The summed E-state index contributed by atoms with van der Waals surface area (Å²) in [6.07, 6.45) is 0.540. The highest BCUT2D eigenvalue weighted by molar-refractivity contribution is 7.92. The van der Waals surface area contributed by atoms with Crippen molar-refractivity contribution in [3.63, 3.8) is 0 Å². The fraction of sp³-hybridized carbons (Fsp3) is 0.333. The molecule has 0 aliphatic rings. The number of para-hydroxylation sites is 1. The van der Waals surface area contributed by atoms with Gasteiger partial charge >= 0.3 is 0 Å². The monoisotopic (exact) mass is 553 g/mol. The number of carbonyl (C=O) groups is 2. The fourth-order valence-electron chi connectivity index (χ4n) is 4.13. The van der Waals surface area contributed by atoms with Gasteiger partial charge < -0.3 is 10.2 Å². The first kappa shape index (κ1) is 29.8. The largest absolute Gasteiger partial charge is 0.354 e. The van der Waals surface area contributed by atoms with E-state index in [1.807, 2.05) is 32.9 Å². The highest BCUT2D eigenvalue weighted by atomic mass is 32.2. The van der Waals surface area contributed by atoms with Crippen LogP contribution in [-0.2, 0) is 32.6 Å². The average Bonchev–Trinajstić information content (AvgIpc) is 2.94. The van der Waals surface area contributed by atoms with Gasteiger partial charge in [-0.15, -0.1) is 0 Å². The van der Waals surface area contributed by atoms with Gasteiger partial charge in [0.1, 0.15) is 18.4 Å². The van der Waals surface area contributed by atoms with Gasteiger partial charge in [-0.1, -0.05) is 75.4 Å². The van der Waals surface area contributed by atoms with Crippen molar-refractivity contribution in [3.05, 3.63) is 95.8 Å². The summed E-state index contributed by atoms with van der Waals surface area (Å²) >= 11 is 0. The number of sulfonamides is 1. The van der Waals surface area contributed by atoms with Crippen LogP contribution in [0.5, 0.6) is 0 Å². The summed E-state index contributed by atoms with van der Waals surface area (Å²) in [5, 5.41) is 2.82. The Hall–Kier alpha value is -3.72. The third-order valence-electron chi connectivity index (χ3n) is 6.40. The number of hydrogen-bond acceptors (Lipinski definition) is 4. The highest BCUT2D eigenvalue weighted by Crippen LogP contribution is 2.28. The van der Waals surface area contributed by atoms with E-state index in [4.69, 9.17) is 0 Å². The van der Waals surface area contributed by atoms with Crippen molar-refractivity contribution >= 4 is 27.5 Å². The molecule has 0 heterocycles. The first-order valence-electron chi connectivity index (χ1n) is 13.0. The normalized spacial score (nSPS) is 12.2. The summed E-state index contributed by atoms with van der Waals surface area (Å²) < 4.78 is 43.4. The third kappa shape index (κ3) is 7.44. The van der Waals surface area contributed by atoms with Crippen LogP contribution in [0.25, 0.3) is 0 Å². The number of hydrogen-bond donors (Lipinski definition) is 1. The zero-order valence-corrected chi connectivity index (χ0v) is 23.6. The van der Waals surface area contributed by atoms with Crippen LogP contribution in [0.1, 0.15) is 38.8 Å². The van der Waals surface area contributed by atoms with Gasteiger partial charge in [0.15, 0.2) is 0 Å². The molecule has 208 valence electrons. The molecule has 0 radical (unpaired) electrons. The zero-order chi connectivity index (χ0) is 28.6. The Morgan fingerprint density at radius 2 is 1.46 bits per heavy atom. The second kappa shape index (κ2) is 13.4. The minimum absolute atomic E-state index is 0.0343. The maximum atomic E-state index is 14.6. The van der Waals surface area contributed by atoms with Crippen LogP contribution in [0.4, 0.5) is 10.1 Å². The molecule has 0 aliphatic heterocycles. The molecule has 3 aromatic carbocycles. The SMILES string of the molecule is CCc1ccccc1N(CC(=O)N(Cc1ccccc1F)[C@@H](C)C(=O)NCC(C)C)S(=O)(=O)c1ccccc1. The predicted octanol–water partition coefficient (Wildman–Crippen LogP) is 4.77. The lowest BCUT2D eigenvalue weighted by molar-refractivity contribution is -0.139. The van der Waals surface area contributed by atoms with Gasteiger partial charge in [0.2, 0.25) is 11.8 Å². The molecule has 1 atom stereocenters. The van der Waals surface area contributed by atoms with Gasteiger partial charge in [-0.05, 0) is 49.1 Å². The average molecular weight is 554 g/mol. The van der Waals surface area contributed by atoms with Crippen LogP contribution >= 0.6 is 0 Å². The van der Waals surface area contributed by atoms with Crippen molar-refractivity contribution in [2.75, 3.05) is 17.4 Å². The number of carbonyl (C=O) groups excluding carboxylic acids is 2. The lowest BCUT2D eigenvalue weighted by atomic mass is 10.1. The molecule has 0 bridgehead atoms. The second-order valence-electron chi connectivity index (χ2n) is 9.74. The van der Waals surface area contributed by atoms with Crippen molar-refractivity contribution in [2.45, 2.75) is 51.6 Å². The van der Waals surface area contributed by atoms with E-state index in [0.29, 0.717) is 18.7 Å². The maximum Gasteiger partial charge on any atom is 0.264 e. The molecule has 2 amide bonds. The summed E-state index contributed by atoms with van der Waals surface area (Å²) in [6.45, 7) is 7.00. The number of nitrogens with zero attached hydrogens (tertiary/aromatic N) is 2. The quantitative estimate of drug-likeness (QED) is 0.350. The third-order valence-corrected chi connectivity index (χ3v) is 8.18. The summed E-state index contributed by atoms with van der Waals surface area (Å²) in [4.78, 5) is 28.2. The fourth-order valence-corrected chi connectivity index (χ4v) is 5.60. The summed E-state index contributed by atoms with van der Waals surface area (Å²) in [6, 6.07) is 19.9. The van der Waals surface area contributed by atoms with Crippen LogP contribution in [0.15, 0.2) is 83.8 Å². The van der Waals surface area contributed by atoms with E-state index in [1.54, 1.807) is 55.5 Å². The topological polar surface area (TPSA) is 86.8 Å². The minimum atomic E-state index is -4.15. The van der Waals surface area contributed by atoms with Crippen LogP contribution in [0, 0.1) is 11.7 Å². The Balaban J connectivity index is 2.05. The zero-order valence-electron chi connectivity index (χ0n) is 22.8. The molecule has 0 saturated heterocycles. The van der Waals surface area contributed by atoms with Gasteiger partial charge in [-0.2, -0.15) is 0 Å². The molecule has 1 N–H and O–H groups in total.